The lowest BCUT2D eigenvalue weighted by molar-refractivity contribution is 0.0943. The van der Waals surface area contributed by atoms with Gasteiger partial charge in [0.1, 0.15) is 24.0 Å². The zero-order valence-corrected chi connectivity index (χ0v) is 11.2. The van der Waals surface area contributed by atoms with Crippen molar-refractivity contribution in [2.75, 3.05) is 19.0 Å². The predicted molar refractivity (Wildman–Crippen MR) is 74.4 cm³/mol. The predicted octanol–water partition coefficient (Wildman–Crippen LogP) is 3.08. The maximum Gasteiger partial charge on any atom is 0.147 e. The molecule has 6 heteroatoms. The highest BCUT2D eigenvalue weighted by molar-refractivity contribution is 7.17. The van der Waals surface area contributed by atoms with Crippen molar-refractivity contribution < 1.29 is 9.15 Å². The first kappa shape index (κ1) is 12.1. The molecular formula is C13H13N3O2S. The van der Waals surface area contributed by atoms with Crippen molar-refractivity contribution in [3.63, 3.8) is 0 Å². The highest BCUT2D eigenvalue weighted by atomic mass is 32.1. The van der Waals surface area contributed by atoms with Gasteiger partial charge >= 0.3 is 0 Å². The second kappa shape index (κ2) is 5.38. The highest BCUT2D eigenvalue weighted by Crippen LogP contribution is 2.26. The number of nitrogens with zero attached hydrogens (tertiary/aromatic N) is 2. The summed E-state index contributed by atoms with van der Waals surface area (Å²) in [5.41, 5.74) is 0.953. The maximum absolute atomic E-state index is 5.41. The molecule has 0 saturated heterocycles. The lowest BCUT2D eigenvalue weighted by Gasteiger charge is -2.14. The van der Waals surface area contributed by atoms with Crippen LogP contribution in [0.2, 0.25) is 0 Å². The minimum Gasteiger partial charge on any atom is -0.467 e. The van der Waals surface area contributed by atoms with Gasteiger partial charge in [-0.3, -0.25) is 0 Å². The molecule has 0 fully saturated rings. The SMILES string of the molecule is COC(CNc1ncnc2ccsc12)c1ccco1. The van der Waals surface area contributed by atoms with E-state index in [4.69, 9.17) is 9.15 Å². The molecule has 0 bridgehead atoms. The van der Waals surface area contributed by atoms with Crippen LogP contribution in [0.15, 0.2) is 40.6 Å². The van der Waals surface area contributed by atoms with E-state index in [2.05, 4.69) is 15.3 Å². The highest BCUT2D eigenvalue weighted by Gasteiger charge is 2.14. The van der Waals surface area contributed by atoms with Gasteiger partial charge in [-0.25, -0.2) is 9.97 Å². The fourth-order valence-corrected chi connectivity index (χ4v) is 2.69. The van der Waals surface area contributed by atoms with Crippen LogP contribution in [0.1, 0.15) is 11.9 Å². The third-order valence-electron chi connectivity index (χ3n) is 2.84. The van der Waals surface area contributed by atoms with Gasteiger partial charge in [-0.15, -0.1) is 11.3 Å². The summed E-state index contributed by atoms with van der Waals surface area (Å²) in [6.07, 6.45) is 3.07. The summed E-state index contributed by atoms with van der Waals surface area (Å²) < 4.78 is 11.8. The van der Waals surface area contributed by atoms with Crippen molar-refractivity contribution in [3.05, 3.63) is 41.9 Å². The normalized spacial score (nSPS) is 12.7. The number of furan rings is 1. The molecule has 3 aromatic heterocycles. The number of methoxy groups -OCH3 is 1. The molecule has 0 aliphatic carbocycles. The van der Waals surface area contributed by atoms with Gasteiger partial charge < -0.3 is 14.5 Å². The van der Waals surface area contributed by atoms with Crippen molar-refractivity contribution >= 4 is 27.4 Å². The van der Waals surface area contributed by atoms with Gasteiger partial charge in [-0.2, -0.15) is 0 Å². The van der Waals surface area contributed by atoms with E-state index >= 15 is 0 Å². The zero-order valence-electron chi connectivity index (χ0n) is 10.4. The topological polar surface area (TPSA) is 60.2 Å². The van der Waals surface area contributed by atoms with Crippen molar-refractivity contribution in [3.8, 4) is 0 Å². The third kappa shape index (κ3) is 2.45. The second-order valence-corrected chi connectivity index (χ2v) is 4.89. The molecule has 1 atom stereocenters. The van der Waals surface area contributed by atoms with Gasteiger partial charge in [0.25, 0.3) is 0 Å². The summed E-state index contributed by atoms with van der Waals surface area (Å²) in [6.45, 7) is 0.591. The Morgan fingerprint density at radius 1 is 1.42 bits per heavy atom. The number of hydrogen-bond donors (Lipinski definition) is 1. The van der Waals surface area contributed by atoms with Crippen LogP contribution < -0.4 is 5.32 Å². The molecule has 0 amide bonds. The molecule has 98 valence electrons. The summed E-state index contributed by atoms with van der Waals surface area (Å²) in [6, 6.07) is 5.73. The Morgan fingerprint density at radius 3 is 3.16 bits per heavy atom. The van der Waals surface area contributed by atoms with E-state index in [0.29, 0.717) is 6.54 Å². The van der Waals surface area contributed by atoms with E-state index in [1.165, 1.54) is 0 Å². The molecule has 1 N–H and O–H groups in total. The number of fused-ring (bicyclic) bond motifs is 1. The minimum absolute atomic E-state index is 0.139. The molecule has 0 aliphatic heterocycles. The van der Waals surface area contributed by atoms with E-state index in [1.54, 1.807) is 31.0 Å². The average Bonchev–Trinajstić information content (AvgIpc) is 3.10. The molecule has 19 heavy (non-hydrogen) atoms. The number of hydrogen-bond acceptors (Lipinski definition) is 6. The largest absolute Gasteiger partial charge is 0.467 e. The zero-order chi connectivity index (χ0) is 13.1. The third-order valence-corrected chi connectivity index (χ3v) is 3.75. The number of aromatic nitrogens is 2. The van der Waals surface area contributed by atoms with Crippen molar-refractivity contribution in [2.45, 2.75) is 6.10 Å². The summed E-state index contributed by atoms with van der Waals surface area (Å²) in [7, 11) is 1.66. The van der Waals surface area contributed by atoms with E-state index in [0.717, 1.165) is 21.8 Å². The first-order chi connectivity index (χ1) is 9.38. The van der Waals surface area contributed by atoms with Crippen LogP contribution in [0.4, 0.5) is 5.82 Å². The Kier molecular flexibility index (Phi) is 3.43. The Hall–Kier alpha value is -1.92. The minimum atomic E-state index is -0.139. The number of nitrogens with one attached hydrogen (secondary N) is 1. The number of anilines is 1. The Labute approximate surface area is 114 Å². The van der Waals surface area contributed by atoms with Crippen LogP contribution in [0.3, 0.4) is 0 Å². The smallest absolute Gasteiger partial charge is 0.147 e. The Bertz CT molecular complexity index is 651. The summed E-state index contributed by atoms with van der Waals surface area (Å²) in [4.78, 5) is 8.48. The number of thiophene rings is 1. The number of rotatable bonds is 5. The first-order valence-corrected chi connectivity index (χ1v) is 6.74. The molecule has 1 unspecified atom stereocenters. The van der Waals surface area contributed by atoms with Gasteiger partial charge in [0.15, 0.2) is 0 Å². The Balaban J connectivity index is 1.76. The number of ether oxygens (including phenoxy) is 1. The van der Waals surface area contributed by atoms with Crippen LogP contribution in [0.25, 0.3) is 10.2 Å². The fourth-order valence-electron chi connectivity index (χ4n) is 1.88. The monoisotopic (exact) mass is 275 g/mol. The molecule has 0 spiro atoms. The average molecular weight is 275 g/mol. The molecule has 0 aliphatic rings. The van der Waals surface area contributed by atoms with Crippen LogP contribution in [-0.4, -0.2) is 23.6 Å². The van der Waals surface area contributed by atoms with E-state index in [9.17, 15) is 0 Å². The second-order valence-electron chi connectivity index (χ2n) is 3.98. The summed E-state index contributed by atoms with van der Waals surface area (Å²) in [5.74, 6) is 1.63. The van der Waals surface area contributed by atoms with Crippen LogP contribution in [-0.2, 0) is 4.74 Å². The molecule has 0 radical (unpaired) electrons. The molecular weight excluding hydrogens is 262 g/mol. The van der Waals surface area contributed by atoms with Gasteiger partial charge in [0.05, 0.1) is 16.5 Å². The van der Waals surface area contributed by atoms with Gasteiger partial charge in [-0.05, 0) is 23.6 Å². The molecule has 0 saturated carbocycles. The van der Waals surface area contributed by atoms with Crippen LogP contribution >= 0.6 is 11.3 Å². The molecule has 0 aromatic carbocycles. The van der Waals surface area contributed by atoms with E-state index in [1.807, 2.05) is 23.6 Å². The lowest BCUT2D eigenvalue weighted by atomic mass is 10.2. The summed E-state index contributed by atoms with van der Waals surface area (Å²) >= 11 is 1.62. The summed E-state index contributed by atoms with van der Waals surface area (Å²) in [5, 5.41) is 5.29. The van der Waals surface area contributed by atoms with Gasteiger partial charge in [0.2, 0.25) is 0 Å². The van der Waals surface area contributed by atoms with Crippen LogP contribution in [0, 0.1) is 0 Å². The van der Waals surface area contributed by atoms with Crippen molar-refractivity contribution in [2.24, 2.45) is 0 Å². The molecule has 3 aromatic rings. The molecule has 3 heterocycles. The lowest BCUT2D eigenvalue weighted by Crippen LogP contribution is -2.14. The maximum atomic E-state index is 5.41. The van der Waals surface area contributed by atoms with E-state index in [-0.39, 0.29) is 6.10 Å². The van der Waals surface area contributed by atoms with Gasteiger partial charge in [0, 0.05) is 13.7 Å². The Morgan fingerprint density at radius 2 is 2.37 bits per heavy atom. The first-order valence-electron chi connectivity index (χ1n) is 5.87. The van der Waals surface area contributed by atoms with Crippen molar-refractivity contribution in [1.82, 2.24) is 9.97 Å². The van der Waals surface area contributed by atoms with Crippen molar-refractivity contribution in [1.29, 1.82) is 0 Å². The van der Waals surface area contributed by atoms with E-state index < -0.39 is 0 Å². The standard InChI is InChI=1S/C13H13N3O2S/c1-17-11(10-3-2-5-18-10)7-14-13-12-9(4-6-19-12)15-8-16-13/h2-6,8,11H,7H2,1H3,(H,14,15,16). The fraction of sp³-hybridized carbons (Fsp3) is 0.231. The molecule has 3 rings (SSSR count). The van der Waals surface area contributed by atoms with Crippen LogP contribution in [0.5, 0.6) is 0 Å². The van der Waals surface area contributed by atoms with Gasteiger partial charge in [-0.1, -0.05) is 0 Å². The molecule has 5 nitrogen and oxygen atoms in total. The quantitative estimate of drug-likeness (QED) is 0.775.